The number of aryl methyl sites for hydroxylation is 2. The van der Waals surface area contributed by atoms with Crippen molar-refractivity contribution < 1.29 is 8.95 Å². The fourth-order valence-corrected chi connectivity index (χ4v) is 3.43. The van der Waals surface area contributed by atoms with E-state index in [1.165, 1.54) is 16.7 Å². The Morgan fingerprint density at radius 3 is 2.70 bits per heavy atom. The molecule has 0 heterocycles. The van der Waals surface area contributed by atoms with Crippen LogP contribution in [0.2, 0.25) is 0 Å². The summed E-state index contributed by atoms with van der Waals surface area (Å²) in [7, 11) is 0.792. The van der Waals surface area contributed by atoms with Gasteiger partial charge in [-0.15, -0.1) is 0 Å². The van der Waals surface area contributed by atoms with Gasteiger partial charge >= 0.3 is 0 Å². The van der Waals surface area contributed by atoms with E-state index in [1.807, 2.05) is 0 Å². The molecule has 0 aromatic heterocycles. The third-order valence-electron chi connectivity index (χ3n) is 3.31. The van der Waals surface area contributed by atoms with Crippen molar-refractivity contribution in [1.29, 1.82) is 0 Å². The number of hydrogen-bond acceptors (Lipinski definition) is 3. The minimum absolute atomic E-state index is 0.160. The fraction of sp³-hybridized carbons (Fsp3) is 0.625. The van der Waals surface area contributed by atoms with Crippen LogP contribution in [0.15, 0.2) is 18.2 Å². The molecule has 0 radical (unpaired) electrons. The van der Waals surface area contributed by atoms with E-state index in [0.717, 1.165) is 13.0 Å². The predicted octanol–water partition coefficient (Wildman–Crippen LogP) is 2.74. The smallest absolute Gasteiger partial charge is 0.0577 e. The van der Waals surface area contributed by atoms with Crippen molar-refractivity contribution in [3.05, 3.63) is 34.9 Å². The Labute approximate surface area is 125 Å². The molecule has 20 heavy (non-hydrogen) atoms. The standard InChI is InChI=1S/C16H27NO2S/c1-5-8-17-16(12-20(18)10-9-19-4)15-7-6-13(2)11-14(15)3/h6-7,11,16-17H,5,8-10,12H2,1-4H3. The molecule has 0 saturated carbocycles. The summed E-state index contributed by atoms with van der Waals surface area (Å²) in [5.74, 6) is 1.25. The molecule has 1 aromatic rings. The summed E-state index contributed by atoms with van der Waals surface area (Å²) in [6.45, 7) is 7.87. The molecule has 2 atom stereocenters. The van der Waals surface area contributed by atoms with E-state index in [9.17, 15) is 4.21 Å². The Morgan fingerprint density at radius 2 is 2.10 bits per heavy atom. The molecule has 0 amide bonds. The molecule has 1 rings (SSSR count). The van der Waals surface area contributed by atoms with Gasteiger partial charge in [0.05, 0.1) is 6.61 Å². The first-order valence-corrected chi connectivity index (χ1v) is 8.71. The molecular formula is C16H27NO2S. The zero-order valence-electron chi connectivity index (χ0n) is 13.1. The van der Waals surface area contributed by atoms with E-state index in [1.54, 1.807) is 7.11 Å². The molecule has 4 heteroatoms. The van der Waals surface area contributed by atoms with Crippen LogP contribution in [-0.2, 0) is 15.5 Å². The molecule has 0 fully saturated rings. The summed E-state index contributed by atoms with van der Waals surface area (Å²) in [4.78, 5) is 0. The van der Waals surface area contributed by atoms with Crippen LogP contribution in [0.5, 0.6) is 0 Å². The molecule has 0 bridgehead atoms. The summed E-state index contributed by atoms with van der Waals surface area (Å²) in [6.07, 6.45) is 1.08. The molecule has 0 saturated heterocycles. The van der Waals surface area contributed by atoms with Crippen molar-refractivity contribution in [2.75, 3.05) is 31.8 Å². The Kier molecular flexibility index (Phi) is 8.04. The second kappa shape index (κ2) is 9.27. The van der Waals surface area contributed by atoms with Crippen LogP contribution >= 0.6 is 0 Å². The normalized spacial score (nSPS) is 14.2. The highest BCUT2D eigenvalue weighted by molar-refractivity contribution is 7.85. The topological polar surface area (TPSA) is 38.3 Å². The third kappa shape index (κ3) is 5.73. The molecule has 0 aliphatic carbocycles. The number of ether oxygens (including phenoxy) is 1. The van der Waals surface area contributed by atoms with Crippen molar-refractivity contribution in [1.82, 2.24) is 5.32 Å². The first-order valence-electron chi connectivity index (χ1n) is 7.23. The second-order valence-corrected chi connectivity index (χ2v) is 6.79. The largest absolute Gasteiger partial charge is 0.384 e. The van der Waals surface area contributed by atoms with Crippen LogP contribution in [0, 0.1) is 13.8 Å². The molecule has 114 valence electrons. The van der Waals surface area contributed by atoms with E-state index < -0.39 is 10.8 Å². The van der Waals surface area contributed by atoms with Gasteiger partial charge in [-0.2, -0.15) is 0 Å². The van der Waals surface area contributed by atoms with Gasteiger partial charge in [0.15, 0.2) is 0 Å². The van der Waals surface area contributed by atoms with E-state index in [4.69, 9.17) is 4.74 Å². The third-order valence-corrected chi connectivity index (χ3v) is 4.64. The number of rotatable bonds is 9. The number of methoxy groups -OCH3 is 1. The Morgan fingerprint density at radius 1 is 1.35 bits per heavy atom. The van der Waals surface area contributed by atoms with E-state index in [-0.39, 0.29) is 6.04 Å². The van der Waals surface area contributed by atoms with Crippen LogP contribution in [-0.4, -0.2) is 36.0 Å². The number of nitrogens with one attached hydrogen (secondary N) is 1. The van der Waals surface area contributed by atoms with Gasteiger partial charge < -0.3 is 10.1 Å². The van der Waals surface area contributed by atoms with Crippen LogP contribution in [0.1, 0.15) is 36.1 Å². The lowest BCUT2D eigenvalue weighted by Gasteiger charge is -2.21. The van der Waals surface area contributed by atoms with Crippen LogP contribution in [0.3, 0.4) is 0 Å². The average molecular weight is 297 g/mol. The Bertz CT molecular complexity index is 434. The lowest BCUT2D eigenvalue weighted by molar-refractivity contribution is 0.218. The maximum absolute atomic E-state index is 12.1. The molecule has 0 spiro atoms. The summed E-state index contributed by atoms with van der Waals surface area (Å²) < 4.78 is 17.1. The van der Waals surface area contributed by atoms with Gasteiger partial charge in [0, 0.05) is 35.5 Å². The number of benzene rings is 1. The molecule has 1 N–H and O–H groups in total. The maximum atomic E-state index is 12.1. The van der Waals surface area contributed by atoms with Crippen molar-refractivity contribution in [3.63, 3.8) is 0 Å². The highest BCUT2D eigenvalue weighted by Gasteiger charge is 2.16. The SMILES string of the molecule is CCCNC(CS(=O)CCOC)c1ccc(C)cc1C. The highest BCUT2D eigenvalue weighted by Crippen LogP contribution is 2.20. The Hall–Kier alpha value is -0.710. The average Bonchev–Trinajstić information content (AvgIpc) is 2.41. The molecular weight excluding hydrogens is 270 g/mol. The van der Waals surface area contributed by atoms with Crippen LogP contribution < -0.4 is 5.32 Å². The van der Waals surface area contributed by atoms with Crippen molar-refractivity contribution in [2.24, 2.45) is 0 Å². The van der Waals surface area contributed by atoms with Crippen molar-refractivity contribution in [2.45, 2.75) is 33.2 Å². The molecule has 0 aliphatic heterocycles. The van der Waals surface area contributed by atoms with Gasteiger partial charge in [0.25, 0.3) is 0 Å². The summed E-state index contributed by atoms with van der Waals surface area (Å²) in [5, 5.41) is 3.52. The molecule has 0 aliphatic rings. The second-order valence-electron chi connectivity index (χ2n) is 5.17. The minimum atomic E-state index is -0.855. The zero-order valence-corrected chi connectivity index (χ0v) is 13.9. The monoisotopic (exact) mass is 297 g/mol. The quantitative estimate of drug-likeness (QED) is 0.761. The molecule has 3 nitrogen and oxygen atoms in total. The van der Waals surface area contributed by atoms with Gasteiger partial charge in [-0.05, 0) is 37.9 Å². The van der Waals surface area contributed by atoms with E-state index in [0.29, 0.717) is 18.1 Å². The predicted molar refractivity (Wildman–Crippen MR) is 86.7 cm³/mol. The van der Waals surface area contributed by atoms with Gasteiger partial charge in [-0.1, -0.05) is 30.7 Å². The van der Waals surface area contributed by atoms with Gasteiger partial charge in [0.2, 0.25) is 0 Å². The van der Waals surface area contributed by atoms with Gasteiger partial charge in [0.1, 0.15) is 0 Å². The first-order chi connectivity index (χ1) is 9.58. The maximum Gasteiger partial charge on any atom is 0.0577 e. The van der Waals surface area contributed by atoms with Gasteiger partial charge in [-0.25, -0.2) is 0 Å². The summed E-state index contributed by atoms with van der Waals surface area (Å²) in [6, 6.07) is 6.63. The summed E-state index contributed by atoms with van der Waals surface area (Å²) >= 11 is 0. The lowest BCUT2D eigenvalue weighted by Crippen LogP contribution is -2.28. The number of hydrogen-bond donors (Lipinski definition) is 1. The molecule has 2 unspecified atom stereocenters. The van der Waals surface area contributed by atoms with Crippen LogP contribution in [0.25, 0.3) is 0 Å². The fourth-order valence-electron chi connectivity index (χ4n) is 2.24. The first kappa shape index (κ1) is 17.3. The summed E-state index contributed by atoms with van der Waals surface area (Å²) in [5.41, 5.74) is 3.79. The molecule has 1 aromatic carbocycles. The van der Waals surface area contributed by atoms with Crippen LogP contribution in [0.4, 0.5) is 0 Å². The minimum Gasteiger partial charge on any atom is -0.384 e. The lowest BCUT2D eigenvalue weighted by atomic mass is 10.00. The van der Waals surface area contributed by atoms with E-state index in [2.05, 4.69) is 44.3 Å². The van der Waals surface area contributed by atoms with E-state index >= 15 is 0 Å². The van der Waals surface area contributed by atoms with Gasteiger partial charge in [-0.3, -0.25) is 4.21 Å². The van der Waals surface area contributed by atoms with Crippen molar-refractivity contribution >= 4 is 10.8 Å². The zero-order chi connectivity index (χ0) is 15.0. The van der Waals surface area contributed by atoms with Crippen molar-refractivity contribution in [3.8, 4) is 0 Å². The highest BCUT2D eigenvalue weighted by atomic mass is 32.2. The Balaban J connectivity index is 2.79.